The van der Waals surface area contributed by atoms with Gasteiger partial charge in [0.15, 0.2) is 11.6 Å². The van der Waals surface area contributed by atoms with E-state index in [1.54, 1.807) is 0 Å². The number of rotatable bonds is 2. The highest BCUT2D eigenvalue weighted by atomic mass is 79.9. The minimum atomic E-state index is -0.484. The first kappa shape index (κ1) is 12.4. The van der Waals surface area contributed by atoms with Gasteiger partial charge in [0.2, 0.25) is 0 Å². The van der Waals surface area contributed by atoms with Crippen molar-refractivity contribution >= 4 is 15.9 Å². The number of ether oxygens (including phenoxy) is 1. The van der Waals surface area contributed by atoms with E-state index in [0.717, 1.165) is 37.5 Å². The second-order valence-corrected chi connectivity index (χ2v) is 6.43. The lowest BCUT2D eigenvalue weighted by molar-refractivity contribution is -0.0325. The highest BCUT2D eigenvalue weighted by Crippen LogP contribution is 2.57. The molecule has 0 saturated heterocycles. The summed E-state index contributed by atoms with van der Waals surface area (Å²) in [5, 5.41) is 0. The Hall–Kier alpha value is -0.640. The van der Waals surface area contributed by atoms with Crippen LogP contribution in [0.25, 0.3) is 0 Å². The summed E-state index contributed by atoms with van der Waals surface area (Å²) < 4.78 is 32.4. The molecule has 18 heavy (non-hydrogen) atoms. The molecule has 4 heteroatoms. The molecule has 0 aliphatic heterocycles. The predicted octanol–water partition coefficient (Wildman–Crippen LogP) is 4.44. The molecule has 0 heterocycles. The van der Waals surface area contributed by atoms with Crippen LogP contribution in [0.5, 0.6) is 5.75 Å². The number of benzene rings is 1. The molecule has 0 amide bonds. The number of hydrogen-bond donors (Lipinski definition) is 0. The number of hydrogen-bond acceptors (Lipinski definition) is 1. The quantitative estimate of drug-likeness (QED) is 0.733. The topological polar surface area (TPSA) is 9.23 Å². The van der Waals surface area contributed by atoms with E-state index < -0.39 is 11.6 Å². The second kappa shape index (κ2) is 4.48. The van der Waals surface area contributed by atoms with Gasteiger partial charge in [-0.1, -0.05) is 28.8 Å². The summed E-state index contributed by atoms with van der Waals surface area (Å²) in [5.41, 5.74) is 0.138. The average Bonchev–Trinajstić information content (AvgIpc) is 2.85. The highest BCUT2D eigenvalue weighted by molar-refractivity contribution is 9.09. The lowest BCUT2D eigenvalue weighted by atomic mass is 9.64. The number of halogens is 3. The zero-order valence-electron chi connectivity index (χ0n) is 9.96. The average molecular weight is 317 g/mol. The Morgan fingerprint density at radius 3 is 2.61 bits per heavy atom. The van der Waals surface area contributed by atoms with Crippen LogP contribution < -0.4 is 4.74 Å². The van der Waals surface area contributed by atoms with E-state index in [-0.39, 0.29) is 17.3 Å². The molecule has 0 bridgehead atoms. The van der Waals surface area contributed by atoms with Crippen LogP contribution in [0.1, 0.15) is 32.1 Å². The van der Waals surface area contributed by atoms with Crippen molar-refractivity contribution in [3.05, 3.63) is 29.8 Å². The van der Waals surface area contributed by atoms with Gasteiger partial charge < -0.3 is 4.74 Å². The first-order valence-corrected chi connectivity index (χ1v) is 7.29. The van der Waals surface area contributed by atoms with Crippen LogP contribution in [0.4, 0.5) is 8.78 Å². The highest BCUT2D eigenvalue weighted by Gasteiger charge is 2.56. The van der Waals surface area contributed by atoms with Gasteiger partial charge in [-0.2, -0.15) is 0 Å². The molecular formula is C14H15BrF2O. The van der Waals surface area contributed by atoms with Gasteiger partial charge in [-0.3, -0.25) is 0 Å². The van der Waals surface area contributed by atoms with Gasteiger partial charge in [0, 0.05) is 16.3 Å². The van der Waals surface area contributed by atoms with Gasteiger partial charge in [0.25, 0.3) is 0 Å². The fourth-order valence-electron chi connectivity index (χ4n) is 3.25. The molecule has 2 fully saturated rings. The maximum absolute atomic E-state index is 13.6. The van der Waals surface area contributed by atoms with Crippen LogP contribution in [-0.2, 0) is 0 Å². The van der Waals surface area contributed by atoms with Crippen molar-refractivity contribution in [2.45, 2.75) is 43.0 Å². The van der Waals surface area contributed by atoms with E-state index in [4.69, 9.17) is 4.74 Å². The monoisotopic (exact) mass is 316 g/mol. The second-order valence-electron chi connectivity index (χ2n) is 5.32. The molecule has 2 saturated carbocycles. The van der Waals surface area contributed by atoms with E-state index in [2.05, 4.69) is 15.9 Å². The fourth-order valence-corrected chi connectivity index (χ4v) is 4.35. The van der Waals surface area contributed by atoms with Crippen molar-refractivity contribution in [1.29, 1.82) is 0 Å². The molecule has 2 aliphatic carbocycles. The van der Waals surface area contributed by atoms with E-state index >= 15 is 0 Å². The van der Waals surface area contributed by atoms with Crippen LogP contribution in [0, 0.1) is 17.0 Å². The van der Waals surface area contributed by atoms with Crippen LogP contribution in [0.3, 0.4) is 0 Å². The maximum atomic E-state index is 13.6. The third-order valence-electron chi connectivity index (χ3n) is 4.38. The Morgan fingerprint density at radius 1 is 1.22 bits per heavy atom. The summed E-state index contributed by atoms with van der Waals surface area (Å²) in [5.74, 6) is -0.894. The lowest BCUT2D eigenvalue weighted by Crippen LogP contribution is -2.55. The van der Waals surface area contributed by atoms with E-state index in [1.807, 2.05) is 0 Å². The van der Waals surface area contributed by atoms with Crippen molar-refractivity contribution in [3.63, 3.8) is 0 Å². The largest absolute Gasteiger partial charge is 0.487 e. The van der Waals surface area contributed by atoms with Gasteiger partial charge >= 0.3 is 0 Å². The molecular weight excluding hydrogens is 302 g/mol. The Morgan fingerprint density at radius 2 is 1.94 bits per heavy atom. The maximum Gasteiger partial charge on any atom is 0.165 e. The van der Waals surface area contributed by atoms with Crippen LogP contribution in [-0.4, -0.2) is 10.9 Å². The molecule has 3 rings (SSSR count). The fraction of sp³-hybridized carbons (Fsp3) is 0.571. The molecule has 2 atom stereocenters. The van der Waals surface area contributed by atoms with Crippen molar-refractivity contribution in [2.75, 3.05) is 0 Å². The molecule has 1 nitrogen and oxygen atoms in total. The molecule has 0 aromatic heterocycles. The van der Waals surface area contributed by atoms with Gasteiger partial charge in [-0.05, 0) is 31.4 Å². The Balaban J connectivity index is 1.79. The normalized spacial score (nSPS) is 29.3. The molecule has 1 aromatic carbocycles. The van der Waals surface area contributed by atoms with Gasteiger partial charge in [-0.25, -0.2) is 8.78 Å². The van der Waals surface area contributed by atoms with Crippen LogP contribution in [0.2, 0.25) is 0 Å². The van der Waals surface area contributed by atoms with Crippen molar-refractivity contribution in [3.8, 4) is 5.75 Å². The Bertz CT molecular complexity index is 457. The third-order valence-corrected chi connectivity index (χ3v) is 5.67. The first-order valence-electron chi connectivity index (χ1n) is 6.37. The van der Waals surface area contributed by atoms with Crippen LogP contribution >= 0.6 is 15.9 Å². The van der Waals surface area contributed by atoms with Gasteiger partial charge in [0.1, 0.15) is 11.9 Å². The summed E-state index contributed by atoms with van der Waals surface area (Å²) >= 11 is 3.68. The predicted molar refractivity (Wildman–Crippen MR) is 69.0 cm³/mol. The zero-order chi connectivity index (χ0) is 12.8. The Labute approximate surface area is 114 Å². The minimum absolute atomic E-state index is 0.0145. The summed E-state index contributed by atoms with van der Waals surface area (Å²) in [6, 6.07) is 3.37. The summed E-state index contributed by atoms with van der Waals surface area (Å²) in [4.78, 5) is 0.453. The summed E-state index contributed by atoms with van der Waals surface area (Å²) in [7, 11) is 0. The molecule has 0 radical (unpaired) electrons. The molecule has 98 valence electrons. The molecule has 1 aromatic rings. The Kier molecular flexibility index (Phi) is 3.08. The standard InChI is InChI=1S/C14H15BrF2O/c15-12-8-13(14(12)5-1-2-6-14)18-11-7-9(16)3-4-10(11)17/h3-4,7,12-13H,1-2,5-6,8H2. The van der Waals surface area contributed by atoms with Crippen molar-refractivity contribution < 1.29 is 13.5 Å². The molecule has 0 N–H and O–H groups in total. The van der Waals surface area contributed by atoms with Gasteiger partial charge in [0.05, 0.1) is 0 Å². The van der Waals surface area contributed by atoms with E-state index in [1.165, 1.54) is 12.8 Å². The first-order chi connectivity index (χ1) is 8.62. The number of alkyl halides is 1. The smallest absolute Gasteiger partial charge is 0.165 e. The molecule has 1 spiro atoms. The summed E-state index contributed by atoms with van der Waals surface area (Å²) in [6.07, 6.45) is 5.52. The van der Waals surface area contributed by atoms with Crippen molar-refractivity contribution in [1.82, 2.24) is 0 Å². The van der Waals surface area contributed by atoms with E-state index in [9.17, 15) is 8.78 Å². The SMILES string of the molecule is Fc1ccc(F)c(OC2CC(Br)C23CCCC3)c1. The van der Waals surface area contributed by atoms with Gasteiger partial charge in [-0.15, -0.1) is 0 Å². The van der Waals surface area contributed by atoms with Crippen molar-refractivity contribution in [2.24, 2.45) is 5.41 Å². The molecule has 2 unspecified atom stereocenters. The zero-order valence-corrected chi connectivity index (χ0v) is 11.6. The lowest BCUT2D eigenvalue weighted by Gasteiger charge is -2.51. The third kappa shape index (κ3) is 1.85. The summed E-state index contributed by atoms with van der Waals surface area (Å²) in [6.45, 7) is 0. The van der Waals surface area contributed by atoms with Crippen LogP contribution in [0.15, 0.2) is 18.2 Å². The minimum Gasteiger partial charge on any atom is -0.487 e. The molecule has 2 aliphatic rings. The van der Waals surface area contributed by atoms with E-state index in [0.29, 0.717) is 4.83 Å².